The van der Waals surface area contributed by atoms with Gasteiger partial charge in [0.25, 0.3) is 0 Å². The van der Waals surface area contributed by atoms with Gasteiger partial charge in [-0.25, -0.2) is 4.98 Å². The molecule has 2 aromatic rings. The summed E-state index contributed by atoms with van der Waals surface area (Å²) in [5.74, 6) is -0.0140. The Morgan fingerprint density at radius 2 is 2.38 bits per heavy atom. The van der Waals surface area contributed by atoms with Gasteiger partial charge in [0.2, 0.25) is 5.91 Å². The van der Waals surface area contributed by atoms with E-state index in [1.165, 1.54) is 6.92 Å². The number of carbonyl (C=O) groups is 1. The highest BCUT2D eigenvalue weighted by Gasteiger charge is 2.08. The van der Waals surface area contributed by atoms with Crippen molar-refractivity contribution in [1.29, 1.82) is 0 Å². The van der Waals surface area contributed by atoms with E-state index in [9.17, 15) is 4.79 Å². The Bertz CT molecular complexity index is 521. The number of rotatable bonds is 3. The van der Waals surface area contributed by atoms with Gasteiger partial charge in [0.1, 0.15) is 10.3 Å². The first-order chi connectivity index (χ1) is 7.68. The highest BCUT2D eigenvalue weighted by atomic mass is 79.9. The number of amides is 1. The Labute approximate surface area is 102 Å². The number of pyridine rings is 1. The molecule has 1 amide bonds. The Morgan fingerprint density at radius 3 is 3.06 bits per heavy atom. The van der Waals surface area contributed by atoms with Crippen molar-refractivity contribution < 1.29 is 4.79 Å². The number of fused-ring (bicyclic) bond motifs is 1. The van der Waals surface area contributed by atoms with Crippen molar-refractivity contribution in [2.45, 2.75) is 13.3 Å². The molecule has 0 aromatic carbocycles. The van der Waals surface area contributed by atoms with Crippen molar-refractivity contribution in [2.24, 2.45) is 0 Å². The minimum atomic E-state index is -0.0140. The average molecular weight is 282 g/mol. The van der Waals surface area contributed by atoms with Gasteiger partial charge in [-0.1, -0.05) is 6.07 Å². The van der Waals surface area contributed by atoms with Crippen LogP contribution in [0.2, 0.25) is 0 Å². The van der Waals surface area contributed by atoms with Crippen LogP contribution in [-0.2, 0) is 11.2 Å². The van der Waals surface area contributed by atoms with Gasteiger partial charge in [0, 0.05) is 26.1 Å². The van der Waals surface area contributed by atoms with Gasteiger partial charge in [-0.05, 0) is 28.1 Å². The molecule has 0 atom stereocenters. The van der Waals surface area contributed by atoms with E-state index in [0.29, 0.717) is 6.54 Å². The molecule has 0 fully saturated rings. The summed E-state index contributed by atoms with van der Waals surface area (Å²) in [6.07, 6.45) is 2.68. The second-order valence-corrected chi connectivity index (χ2v) is 4.26. The van der Waals surface area contributed by atoms with Crippen molar-refractivity contribution in [3.05, 3.63) is 34.7 Å². The molecule has 0 saturated heterocycles. The van der Waals surface area contributed by atoms with Crippen LogP contribution in [0, 0.1) is 0 Å². The zero-order valence-corrected chi connectivity index (χ0v) is 10.5. The molecule has 0 saturated carbocycles. The average Bonchev–Trinajstić information content (AvgIpc) is 2.56. The highest BCUT2D eigenvalue weighted by molar-refractivity contribution is 9.10. The Morgan fingerprint density at radius 1 is 1.56 bits per heavy atom. The van der Waals surface area contributed by atoms with Crippen molar-refractivity contribution in [1.82, 2.24) is 14.7 Å². The summed E-state index contributed by atoms with van der Waals surface area (Å²) >= 11 is 3.51. The van der Waals surface area contributed by atoms with Crippen molar-refractivity contribution in [3.8, 4) is 0 Å². The lowest BCUT2D eigenvalue weighted by Gasteiger charge is -1.99. The predicted octanol–water partition coefficient (Wildman–Crippen LogP) is 1.78. The maximum atomic E-state index is 10.7. The zero-order chi connectivity index (χ0) is 11.5. The molecule has 5 heteroatoms. The monoisotopic (exact) mass is 281 g/mol. The van der Waals surface area contributed by atoms with E-state index in [4.69, 9.17) is 0 Å². The molecule has 2 aromatic heterocycles. The van der Waals surface area contributed by atoms with Crippen LogP contribution in [-0.4, -0.2) is 21.8 Å². The fraction of sp³-hybridized carbons (Fsp3) is 0.273. The number of imidazole rings is 1. The van der Waals surface area contributed by atoms with Gasteiger partial charge in [0.05, 0.1) is 5.69 Å². The summed E-state index contributed by atoms with van der Waals surface area (Å²) in [6.45, 7) is 2.12. The number of nitrogens with zero attached hydrogens (tertiary/aromatic N) is 2. The SMILES string of the molecule is CC(=O)NCCc1nc2ccccn2c1Br. The van der Waals surface area contributed by atoms with E-state index in [0.717, 1.165) is 22.4 Å². The molecule has 16 heavy (non-hydrogen) atoms. The Kier molecular flexibility index (Phi) is 3.24. The molecule has 0 aliphatic rings. The molecule has 0 bridgehead atoms. The van der Waals surface area contributed by atoms with Crippen LogP contribution in [0.4, 0.5) is 0 Å². The fourth-order valence-electron chi connectivity index (χ4n) is 1.53. The van der Waals surface area contributed by atoms with Gasteiger partial charge in [0.15, 0.2) is 0 Å². The third-order valence-corrected chi connectivity index (χ3v) is 3.11. The lowest BCUT2D eigenvalue weighted by Crippen LogP contribution is -2.22. The third kappa shape index (κ3) is 2.24. The maximum Gasteiger partial charge on any atom is 0.216 e. The summed E-state index contributed by atoms with van der Waals surface area (Å²) < 4.78 is 2.93. The van der Waals surface area contributed by atoms with E-state index in [2.05, 4.69) is 26.2 Å². The van der Waals surface area contributed by atoms with E-state index >= 15 is 0 Å². The van der Waals surface area contributed by atoms with Gasteiger partial charge in [-0.2, -0.15) is 0 Å². The highest BCUT2D eigenvalue weighted by Crippen LogP contribution is 2.18. The summed E-state index contributed by atoms with van der Waals surface area (Å²) in [7, 11) is 0. The summed E-state index contributed by atoms with van der Waals surface area (Å²) in [5.41, 5.74) is 1.87. The van der Waals surface area contributed by atoms with Gasteiger partial charge in [-0.15, -0.1) is 0 Å². The molecule has 2 rings (SSSR count). The standard InChI is InChI=1S/C11H12BrN3O/c1-8(16)13-6-5-9-11(12)15-7-3-2-4-10(15)14-9/h2-4,7H,5-6H2,1H3,(H,13,16). The van der Waals surface area contributed by atoms with E-state index in [1.807, 2.05) is 28.8 Å². The first-order valence-electron chi connectivity index (χ1n) is 5.04. The van der Waals surface area contributed by atoms with Crippen LogP contribution in [0.25, 0.3) is 5.65 Å². The number of carbonyl (C=O) groups excluding carboxylic acids is 1. The topological polar surface area (TPSA) is 46.4 Å². The first kappa shape index (κ1) is 11.1. The number of nitrogens with one attached hydrogen (secondary N) is 1. The first-order valence-corrected chi connectivity index (χ1v) is 5.83. The lowest BCUT2D eigenvalue weighted by atomic mass is 10.3. The Balaban J connectivity index is 2.18. The molecule has 0 unspecified atom stereocenters. The van der Waals surface area contributed by atoms with Gasteiger partial charge >= 0.3 is 0 Å². The third-order valence-electron chi connectivity index (χ3n) is 2.27. The molecule has 0 spiro atoms. The summed E-state index contributed by atoms with van der Waals surface area (Å²) in [5, 5.41) is 2.76. The Hall–Kier alpha value is -1.36. The zero-order valence-electron chi connectivity index (χ0n) is 8.90. The van der Waals surface area contributed by atoms with Gasteiger partial charge in [-0.3, -0.25) is 9.20 Å². The molecule has 84 valence electrons. The smallest absolute Gasteiger partial charge is 0.216 e. The number of hydrogen-bond acceptors (Lipinski definition) is 2. The summed E-state index contributed by atoms with van der Waals surface area (Å²) in [4.78, 5) is 15.2. The molecule has 4 nitrogen and oxygen atoms in total. The van der Waals surface area contributed by atoms with Crippen LogP contribution in [0.5, 0.6) is 0 Å². The quantitative estimate of drug-likeness (QED) is 0.932. The fourth-order valence-corrected chi connectivity index (χ4v) is 2.12. The predicted molar refractivity (Wildman–Crippen MR) is 65.3 cm³/mol. The minimum Gasteiger partial charge on any atom is -0.356 e. The van der Waals surface area contributed by atoms with Crippen molar-refractivity contribution in [2.75, 3.05) is 6.54 Å². The van der Waals surface area contributed by atoms with Crippen LogP contribution >= 0.6 is 15.9 Å². The van der Waals surface area contributed by atoms with Crippen LogP contribution in [0.15, 0.2) is 29.0 Å². The van der Waals surface area contributed by atoms with Crippen LogP contribution in [0.1, 0.15) is 12.6 Å². The molecule has 0 aliphatic carbocycles. The molecular formula is C11H12BrN3O. The second-order valence-electron chi connectivity index (χ2n) is 3.51. The molecular weight excluding hydrogens is 270 g/mol. The largest absolute Gasteiger partial charge is 0.356 e. The normalized spacial score (nSPS) is 10.6. The molecule has 0 radical (unpaired) electrons. The van der Waals surface area contributed by atoms with Gasteiger partial charge < -0.3 is 5.32 Å². The number of aromatic nitrogens is 2. The molecule has 2 heterocycles. The molecule has 0 aliphatic heterocycles. The number of hydrogen-bond donors (Lipinski definition) is 1. The summed E-state index contributed by atoms with van der Waals surface area (Å²) in [6, 6.07) is 5.86. The minimum absolute atomic E-state index is 0.0140. The maximum absolute atomic E-state index is 10.7. The van der Waals surface area contributed by atoms with Crippen molar-refractivity contribution in [3.63, 3.8) is 0 Å². The van der Waals surface area contributed by atoms with E-state index in [1.54, 1.807) is 0 Å². The van der Waals surface area contributed by atoms with Crippen LogP contribution < -0.4 is 5.32 Å². The lowest BCUT2D eigenvalue weighted by molar-refractivity contribution is -0.118. The second kappa shape index (κ2) is 4.65. The molecule has 1 N–H and O–H groups in total. The van der Waals surface area contributed by atoms with E-state index < -0.39 is 0 Å². The van der Waals surface area contributed by atoms with Crippen molar-refractivity contribution >= 4 is 27.5 Å². The van der Waals surface area contributed by atoms with E-state index in [-0.39, 0.29) is 5.91 Å². The van der Waals surface area contributed by atoms with Crippen LogP contribution in [0.3, 0.4) is 0 Å². The number of halogens is 1.